The van der Waals surface area contributed by atoms with Crippen LogP contribution in [0.4, 0.5) is 5.69 Å². The Morgan fingerprint density at radius 2 is 1.90 bits per heavy atom. The lowest BCUT2D eigenvalue weighted by Crippen LogP contribution is -1.96. The first-order valence-electron chi connectivity index (χ1n) is 6.45. The minimum absolute atomic E-state index is 0.676. The number of anilines is 1. The van der Waals surface area contributed by atoms with Crippen molar-refractivity contribution in [1.29, 1.82) is 0 Å². The van der Waals surface area contributed by atoms with Crippen molar-refractivity contribution in [3.05, 3.63) is 47.5 Å². The van der Waals surface area contributed by atoms with Crippen LogP contribution in [0.25, 0.3) is 22.4 Å². The normalized spacial score (nSPS) is 10.7. The molecule has 2 aromatic carbocycles. The number of hydrogen-bond donors (Lipinski definition) is 2. The first-order valence-corrected chi connectivity index (χ1v) is 6.45. The third-order valence-corrected chi connectivity index (χ3v) is 3.49. The molecule has 0 unspecified atom stereocenters. The molecule has 0 saturated heterocycles. The Kier molecular flexibility index (Phi) is 2.99. The maximum Gasteiger partial charge on any atom is 0.211 e. The van der Waals surface area contributed by atoms with Crippen molar-refractivity contribution < 1.29 is 4.79 Å². The quantitative estimate of drug-likeness (QED) is 0.713. The van der Waals surface area contributed by atoms with E-state index in [0.717, 1.165) is 28.1 Å². The Hall–Kier alpha value is -2.62. The van der Waals surface area contributed by atoms with Crippen LogP contribution in [0.1, 0.15) is 11.1 Å². The predicted molar refractivity (Wildman–Crippen MR) is 80.7 cm³/mol. The van der Waals surface area contributed by atoms with Crippen LogP contribution in [0.15, 0.2) is 36.4 Å². The van der Waals surface area contributed by atoms with Crippen LogP contribution in [-0.2, 0) is 4.79 Å². The molecule has 0 saturated carbocycles. The summed E-state index contributed by atoms with van der Waals surface area (Å²) in [5, 5.41) is 2.70. The summed E-state index contributed by atoms with van der Waals surface area (Å²) < 4.78 is 0. The molecule has 0 bridgehead atoms. The average Bonchev–Trinajstić information content (AvgIpc) is 2.83. The van der Waals surface area contributed by atoms with E-state index in [1.54, 1.807) is 0 Å². The number of hydrogen-bond acceptors (Lipinski definition) is 2. The van der Waals surface area contributed by atoms with Gasteiger partial charge in [0.15, 0.2) is 0 Å². The number of nitrogens with one attached hydrogen (secondary N) is 2. The number of imidazole rings is 1. The van der Waals surface area contributed by atoms with Gasteiger partial charge in [0, 0.05) is 5.56 Å². The predicted octanol–water partition coefficient (Wildman–Crippen LogP) is 3.42. The minimum Gasteiger partial charge on any atom is -0.338 e. The zero-order chi connectivity index (χ0) is 14.1. The lowest BCUT2D eigenvalue weighted by molar-refractivity contribution is -0.105. The van der Waals surface area contributed by atoms with Crippen molar-refractivity contribution >= 4 is 23.1 Å². The number of nitrogens with zero attached hydrogens (tertiary/aromatic N) is 1. The highest BCUT2D eigenvalue weighted by molar-refractivity contribution is 5.87. The number of fused-ring (bicyclic) bond motifs is 1. The van der Waals surface area contributed by atoms with E-state index >= 15 is 0 Å². The number of aromatic amines is 1. The van der Waals surface area contributed by atoms with E-state index < -0.39 is 0 Å². The van der Waals surface area contributed by atoms with E-state index in [1.165, 1.54) is 11.1 Å². The van der Waals surface area contributed by atoms with Crippen LogP contribution in [0.3, 0.4) is 0 Å². The van der Waals surface area contributed by atoms with E-state index in [2.05, 4.69) is 41.3 Å². The fourth-order valence-electron chi connectivity index (χ4n) is 2.28. The molecule has 0 aliphatic rings. The molecule has 20 heavy (non-hydrogen) atoms. The summed E-state index contributed by atoms with van der Waals surface area (Å²) >= 11 is 0. The molecule has 1 aromatic heterocycles. The summed E-state index contributed by atoms with van der Waals surface area (Å²) in [6.07, 6.45) is 0.676. The Labute approximate surface area is 116 Å². The van der Waals surface area contributed by atoms with Crippen molar-refractivity contribution in [2.75, 3.05) is 5.32 Å². The Morgan fingerprint density at radius 3 is 2.70 bits per heavy atom. The largest absolute Gasteiger partial charge is 0.338 e. The Morgan fingerprint density at radius 1 is 1.15 bits per heavy atom. The molecule has 4 nitrogen and oxygen atoms in total. The SMILES string of the molecule is Cc1cc2nc(-c3ccccc3NC=O)[nH]c2cc1C. The van der Waals surface area contributed by atoms with Gasteiger partial charge in [-0.3, -0.25) is 4.79 Å². The summed E-state index contributed by atoms with van der Waals surface area (Å²) in [6, 6.07) is 11.8. The summed E-state index contributed by atoms with van der Waals surface area (Å²) in [7, 11) is 0. The molecule has 0 spiro atoms. The molecule has 4 heteroatoms. The second-order valence-electron chi connectivity index (χ2n) is 4.85. The number of para-hydroxylation sites is 1. The highest BCUT2D eigenvalue weighted by Crippen LogP contribution is 2.28. The molecule has 0 aliphatic carbocycles. The third-order valence-electron chi connectivity index (χ3n) is 3.49. The molecule has 100 valence electrons. The fourth-order valence-corrected chi connectivity index (χ4v) is 2.28. The first kappa shape index (κ1) is 12.4. The first-order chi connectivity index (χ1) is 9.69. The Balaban J connectivity index is 2.17. The van der Waals surface area contributed by atoms with Crippen molar-refractivity contribution in [1.82, 2.24) is 9.97 Å². The topological polar surface area (TPSA) is 57.8 Å². The number of benzene rings is 2. The van der Waals surface area contributed by atoms with Crippen LogP contribution < -0.4 is 5.32 Å². The molecular weight excluding hydrogens is 250 g/mol. The molecule has 0 aliphatic heterocycles. The van der Waals surface area contributed by atoms with Gasteiger partial charge in [0.05, 0.1) is 16.7 Å². The highest BCUT2D eigenvalue weighted by Gasteiger charge is 2.10. The molecule has 0 atom stereocenters. The number of aryl methyl sites for hydroxylation is 2. The highest BCUT2D eigenvalue weighted by atomic mass is 16.1. The van der Waals surface area contributed by atoms with E-state index in [0.29, 0.717) is 6.41 Å². The summed E-state index contributed by atoms with van der Waals surface area (Å²) in [6.45, 7) is 4.15. The molecule has 1 heterocycles. The van der Waals surface area contributed by atoms with Crippen LogP contribution in [0, 0.1) is 13.8 Å². The monoisotopic (exact) mass is 265 g/mol. The lowest BCUT2D eigenvalue weighted by Gasteiger charge is -2.04. The number of amides is 1. The van der Waals surface area contributed by atoms with Gasteiger partial charge < -0.3 is 10.3 Å². The van der Waals surface area contributed by atoms with Crippen molar-refractivity contribution in [3.8, 4) is 11.4 Å². The molecule has 2 N–H and O–H groups in total. The number of rotatable bonds is 3. The van der Waals surface area contributed by atoms with Gasteiger partial charge in [0.2, 0.25) is 6.41 Å². The van der Waals surface area contributed by atoms with Crippen molar-refractivity contribution in [3.63, 3.8) is 0 Å². The van der Waals surface area contributed by atoms with E-state index in [9.17, 15) is 4.79 Å². The van der Waals surface area contributed by atoms with Crippen LogP contribution in [0.5, 0.6) is 0 Å². The maximum absolute atomic E-state index is 10.7. The number of carbonyl (C=O) groups is 1. The average molecular weight is 265 g/mol. The zero-order valence-electron chi connectivity index (χ0n) is 11.4. The minimum atomic E-state index is 0.676. The second-order valence-corrected chi connectivity index (χ2v) is 4.85. The molecular formula is C16H15N3O. The smallest absolute Gasteiger partial charge is 0.211 e. The number of H-pyrrole nitrogens is 1. The standard InChI is InChI=1S/C16H15N3O/c1-10-7-14-15(8-11(10)2)19-16(18-14)12-5-3-4-6-13(12)17-9-20/h3-9H,1-2H3,(H,17,20)(H,18,19). The van der Waals surface area contributed by atoms with Crippen LogP contribution in [0.2, 0.25) is 0 Å². The third kappa shape index (κ3) is 2.05. The molecule has 0 fully saturated rings. The summed E-state index contributed by atoms with van der Waals surface area (Å²) in [4.78, 5) is 18.6. The maximum atomic E-state index is 10.7. The van der Waals surface area contributed by atoms with Gasteiger partial charge in [-0.2, -0.15) is 0 Å². The molecule has 0 radical (unpaired) electrons. The van der Waals surface area contributed by atoms with Crippen molar-refractivity contribution in [2.45, 2.75) is 13.8 Å². The van der Waals surface area contributed by atoms with Gasteiger partial charge >= 0.3 is 0 Å². The molecule has 1 amide bonds. The van der Waals surface area contributed by atoms with Crippen molar-refractivity contribution in [2.24, 2.45) is 0 Å². The summed E-state index contributed by atoms with van der Waals surface area (Å²) in [5.41, 5.74) is 6.01. The van der Waals surface area contributed by atoms with Gasteiger partial charge in [-0.25, -0.2) is 4.98 Å². The van der Waals surface area contributed by atoms with Gasteiger partial charge in [0.1, 0.15) is 5.82 Å². The van der Waals surface area contributed by atoms with Crippen LogP contribution >= 0.6 is 0 Å². The van der Waals surface area contributed by atoms with Crippen LogP contribution in [-0.4, -0.2) is 16.4 Å². The molecule has 3 rings (SSSR count). The van der Waals surface area contributed by atoms with E-state index in [-0.39, 0.29) is 0 Å². The molecule has 3 aromatic rings. The lowest BCUT2D eigenvalue weighted by atomic mass is 10.1. The second kappa shape index (κ2) is 4.81. The van der Waals surface area contributed by atoms with Gasteiger partial charge in [-0.15, -0.1) is 0 Å². The number of carbonyl (C=O) groups excluding carboxylic acids is 1. The summed E-state index contributed by atoms with van der Waals surface area (Å²) in [5.74, 6) is 0.759. The van der Waals surface area contributed by atoms with Gasteiger partial charge in [-0.05, 0) is 49.2 Å². The fraction of sp³-hybridized carbons (Fsp3) is 0.125. The van der Waals surface area contributed by atoms with Gasteiger partial charge in [0.25, 0.3) is 0 Å². The zero-order valence-corrected chi connectivity index (χ0v) is 11.4. The van der Waals surface area contributed by atoms with E-state index in [4.69, 9.17) is 0 Å². The number of aromatic nitrogens is 2. The Bertz CT molecular complexity index is 751. The van der Waals surface area contributed by atoms with Gasteiger partial charge in [-0.1, -0.05) is 12.1 Å². The van der Waals surface area contributed by atoms with E-state index in [1.807, 2.05) is 24.3 Å².